The molecule has 1 saturated heterocycles. The highest BCUT2D eigenvalue weighted by molar-refractivity contribution is 7.07. The first-order chi connectivity index (χ1) is 17.0. The van der Waals surface area contributed by atoms with Crippen LogP contribution in [0.2, 0.25) is 0 Å². The quantitative estimate of drug-likeness (QED) is 0.468. The number of nitrogens with zero attached hydrogens (tertiary/aromatic N) is 4. The highest BCUT2D eigenvalue weighted by atomic mass is 32.1. The van der Waals surface area contributed by atoms with Crippen LogP contribution in [-0.4, -0.2) is 61.4 Å². The number of carbonyl (C=O) groups excluding carboxylic acids is 1. The second-order valence-corrected chi connectivity index (χ2v) is 8.75. The standard InChI is InChI=1S/C24H28N6O4S/c1-3-30-23(32)21(35-24(30)19(15-26)22(31)27-7-6-25)16-28-18-5-4-17(2)20(14-18)34-13-10-29-8-11-33-12-9-29/h4-5,14,16,28H,3,7-13H2,1-2H3,(H,27,31). The number of aryl methyl sites for hydroxylation is 1. The zero-order valence-corrected chi connectivity index (χ0v) is 20.6. The number of rotatable bonds is 9. The van der Waals surface area contributed by atoms with Crippen LogP contribution in [0.5, 0.6) is 5.75 Å². The number of aromatic nitrogens is 1. The lowest BCUT2D eigenvalue weighted by Gasteiger charge is -2.26. The summed E-state index contributed by atoms with van der Waals surface area (Å²) in [5.74, 6) is 0.0678. The molecule has 0 radical (unpaired) electrons. The van der Waals surface area contributed by atoms with Crippen molar-refractivity contribution >= 4 is 34.7 Å². The SMILES string of the molecule is CCn1c(=C(C#N)C(=O)NCC#N)sc(=CNc2ccc(C)c(OCCN3CCOCC3)c2)c1=O. The molecule has 0 spiro atoms. The molecule has 1 aromatic carbocycles. The van der Waals surface area contributed by atoms with E-state index in [1.807, 2.05) is 31.2 Å². The number of thiazole rings is 1. The van der Waals surface area contributed by atoms with E-state index in [1.54, 1.807) is 19.2 Å². The molecule has 184 valence electrons. The third-order valence-corrected chi connectivity index (χ3v) is 6.56. The molecule has 1 aliphatic rings. The lowest BCUT2D eigenvalue weighted by atomic mass is 10.2. The normalized spacial score (nSPS) is 15.1. The van der Waals surface area contributed by atoms with Crippen molar-refractivity contribution in [3.05, 3.63) is 43.3 Å². The maximum atomic E-state index is 12.9. The van der Waals surface area contributed by atoms with Crippen molar-refractivity contribution in [1.29, 1.82) is 10.5 Å². The van der Waals surface area contributed by atoms with Crippen molar-refractivity contribution in [2.45, 2.75) is 20.4 Å². The Labute approximate surface area is 207 Å². The highest BCUT2D eigenvalue weighted by Crippen LogP contribution is 2.22. The molecule has 0 saturated carbocycles. The van der Waals surface area contributed by atoms with E-state index >= 15 is 0 Å². The molecule has 11 heteroatoms. The third kappa shape index (κ3) is 6.70. The van der Waals surface area contributed by atoms with E-state index in [2.05, 4.69) is 15.5 Å². The number of carbonyl (C=O) groups is 1. The molecule has 2 N–H and O–H groups in total. The fourth-order valence-electron chi connectivity index (χ4n) is 3.50. The van der Waals surface area contributed by atoms with Gasteiger partial charge in [-0.1, -0.05) is 6.07 Å². The van der Waals surface area contributed by atoms with Crippen LogP contribution in [0.1, 0.15) is 12.5 Å². The molecule has 1 aliphatic heterocycles. The average molecular weight is 497 g/mol. The number of ether oxygens (including phenoxy) is 2. The first-order valence-electron chi connectivity index (χ1n) is 11.3. The number of hydrogen-bond acceptors (Lipinski definition) is 9. The Morgan fingerprint density at radius 3 is 2.77 bits per heavy atom. The summed E-state index contributed by atoms with van der Waals surface area (Å²) < 4.78 is 13.3. The zero-order chi connectivity index (χ0) is 25.2. The highest BCUT2D eigenvalue weighted by Gasteiger charge is 2.15. The Morgan fingerprint density at radius 2 is 2.09 bits per heavy atom. The van der Waals surface area contributed by atoms with Gasteiger partial charge in [0.2, 0.25) is 0 Å². The van der Waals surface area contributed by atoms with Crippen LogP contribution in [0.25, 0.3) is 11.8 Å². The second-order valence-electron chi connectivity index (χ2n) is 7.72. The number of hydrogen-bond donors (Lipinski definition) is 2. The summed E-state index contributed by atoms with van der Waals surface area (Å²) >= 11 is 1.04. The Hall–Kier alpha value is -3.64. The van der Waals surface area contributed by atoms with Gasteiger partial charge in [-0.05, 0) is 25.5 Å². The van der Waals surface area contributed by atoms with Crippen LogP contribution >= 0.6 is 11.3 Å². The molecule has 0 atom stereocenters. The number of amides is 1. The molecule has 35 heavy (non-hydrogen) atoms. The van der Waals surface area contributed by atoms with Crippen LogP contribution in [0, 0.1) is 29.6 Å². The second kappa shape index (κ2) is 12.7. The molecule has 2 heterocycles. The molecule has 2 aromatic rings. The minimum absolute atomic E-state index is 0.199. The van der Waals surface area contributed by atoms with Crippen molar-refractivity contribution in [2.75, 3.05) is 51.3 Å². The molecular formula is C24H28N6O4S. The van der Waals surface area contributed by atoms with Crippen molar-refractivity contribution in [3.63, 3.8) is 0 Å². The number of nitriles is 2. The third-order valence-electron chi connectivity index (χ3n) is 5.43. The van der Waals surface area contributed by atoms with Crippen molar-refractivity contribution in [3.8, 4) is 17.9 Å². The van der Waals surface area contributed by atoms with E-state index in [4.69, 9.17) is 14.7 Å². The lowest BCUT2D eigenvalue weighted by molar-refractivity contribution is -0.115. The van der Waals surface area contributed by atoms with Gasteiger partial charge in [-0.2, -0.15) is 10.5 Å². The Kier molecular flexibility index (Phi) is 9.44. The molecule has 1 fully saturated rings. The van der Waals surface area contributed by atoms with Crippen LogP contribution in [-0.2, 0) is 16.1 Å². The number of nitrogens with one attached hydrogen (secondary N) is 2. The van der Waals surface area contributed by atoms with Crippen LogP contribution in [0.4, 0.5) is 5.69 Å². The fraction of sp³-hybridized carbons (Fsp3) is 0.417. The van der Waals surface area contributed by atoms with Crippen molar-refractivity contribution < 1.29 is 14.3 Å². The number of anilines is 1. The molecule has 0 unspecified atom stereocenters. The first kappa shape index (κ1) is 26.0. The summed E-state index contributed by atoms with van der Waals surface area (Å²) in [6, 6.07) is 9.35. The number of morpholine rings is 1. The molecule has 1 amide bonds. The van der Waals surface area contributed by atoms with Crippen LogP contribution < -0.4 is 30.1 Å². The van der Waals surface area contributed by atoms with Gasteiger partial charge in [-0.25, -0.2) is 0 Å². The van der Waals surface area contributed by atoms with Gasteiger partial charge in [0.05, 0.1) is 19.3 Å². The summed E-state index contributed by atoms with van der Waals surface area (Å²) in [7, 11) is 0. The zero-order valence-electron chi connectivity index (χ0n) is 19.8. The molecule has 0 bridgehead atoms. The van der Waals surface area contributed by atoms with Gasteiger partial charge in [-0.3, -0.25) is 19.1 Å². The van der Waals surface area contributed by atoms with Crippen LogP contribution in [0.15, 0.2) is 23.0 Å². The van der Waals surface area contributed by atoms with E-state index in [0.717, 1.165) is 61.2 Å². The van der Waals surface area contributed by atoms with Gasteiger partial charge in [0.25, 0.3) is 11.5 Å². The van der Waals surface area contributed by atoms with Gasteiger partial charge in [-0.15, -0.1) is 11.3 Å². The molecule has 1 aromatic heterocycles. The van der Waals surface area contributed by atoms with Gasteiger partial charge in [0, 0.05) is 44.1 Å². The predicted octanol–water partition coefficient (Wildman–Crippen LogP) is 0.113. The largest absolute Gasteiger partial charge is 0.492 e. The lowest BCUT2D eigenvalue weighted by Crippen LogP contribution is -2.38. The number of benzene rings is 1. The van der Waals surface area contributed by atoms with Gasteiger partial charge in [0.15, 0.2) is 5.57 Å². The molecule has 3 rings (SSSR count). The van der Waals surface area contributed by atoms with Crippen molar-refractivity contribution in [1.82, 2.24) is 14.8 Å². The Balaban J connectivity index is 1.81. The summed E-state index contributed by atoms with van der Waals surface area (Å²) in [6.45, 7) is 8.48. The summed E-state index contributed by atoms with van der Waals surface area (Å²) in [6.07, 6.45) is 1.56. The van der Waals surface area contributed by atoms with E-state index < -0.39 is 5.91 Å². The molecule has 10 nitrogen and oxygen atoms in total. The summed E-state index contributed by atoms with van der Waals surface area (Å²) in [5, 5.41) is 23.6. The fourth-order valence-corrected chi connectivity index (χ4v) is 4.59. The Morgan fingerprint density at radius 1 is 1.31 bits per heavy atom. The van der Waals surface area contributed by atoms with Gasteiger partial charge < -0.3 is 20.1 Å². The topological polar surface area (TPSA) is 132 Å². The summed E-state index contributed by atoms with van der Waals surface area (Å²) in [4.78, 5) is 27.4. The van der Waals surface area contributed by atoms with Crippen molar-refractivity contribution in [2.24, 2.45) is 0 Å². The Bertz CT molecular complexity index is 1310. The average Bonchev–Trinajstić information content (AvgIpc) is 3.18. The smallest absolute Gasteiger partial charge is 0.270 e. The van der Waals surface area contributed by atoms with Gasteiger partial charge >= 0.3 is 0 Å². The minimum Gasteiger partial charge on any atom is -0.492 e. The molecular weight excluding hydrogens is 468 g/mol. The van der Waals surface area contributed by atoms with Crippen LogP contribution in [0.3, 0.4) is 0 Å². The summed E-state index contributed by atoms with van der Waals surface area (Å²) in [5.41, 5.74) is 1.23. The molecule has 0 aliphatic carbocycles. The first-order valence-corrected chi connectivity index (χ1v) is 12.1. The van der Waals surface area contributed by atoms with E-state index in [-0.39, 0.29) is 22.3 Å². The van der Waals surface area contributed by atoms with Gasteiger partial charge in [0.1, 0.15) is 34.2 Å². The minimum atomic E-state index is -0.686. The predicted molar refractivity (Wildman–Crippen MR) is 133 cm³/mol. The van der Waals surface area contributed by atoms with E-state index in [0.29, 0.717) is 17.7 Å². The maximum absolute atomic E-state index is 12.9. The monoisotopic (exact) mass is 496 g/mol. The maximum Gasteiger partial charge on any atom is 0.270 e. The van der Waals surface area contributed by atoms with E-state index in [1.165, 1.54) is 4.57 Å². The van der Waals surface area contributed by atoms with E-state index in [9.17, 15) is 14.9 Å².